The first-order valence-electron chi connectivity index (χ1n) is 5.40. The SMILES string of the molecule is C=CN(/C=C(/Cl)CCC)c1ccc(N)cc1F. The van der Waals surface area contributed by atoms with Crippen LogP contribution in [0.15, 0.2) is 42.2 Å². The monoisotopic (exact) mass is 254 g/mol. The Bertz CT molecular complexity index is 429. The van der Waals surface area contributed by atoms with E-state index in [2.05, 4.69) is 6.58 Å². The lowest BCUT2D eigenvalue weighted by atomic mass is 10.2. The molecular weight excluding hydrogens is 239 g/mol. The van der Waals surface area contributed by atoms with E-state index in [-0.39, 0.29) is 0 Å². The van der Waals surface area contributed by atoms with Crippen LogP contribution in [0.5, 0.6) is 0 Å². The van der Waals surface area contributed by atoms with Crippen LogP contribution in [-0.2, 0) is 0 Å². The van der Waals surface area contributed by atoms with Crippen molar-refractivity contribution in [1.82, 2.24) is 0 Å². The van der Waals surface area contributed by atoms with Gasteiger partial charge in [-0.05, 0) is 24.6 Å². The summed E-state index contributed by atoms with van der Waals surface area (Å²) in [5.41, 5.74) is 6.26. The van der Waals surface area contributed by atoms with Crippen molar-refractivity contribution in [2.45, 2.75) is 19.8 Å². The summed E-state index contributed by atoms with van der Waals surface area (Å²) in [6, 6.07) is 4.50. The summed E-state index contributed by atoms with van der Waals surface area (Å²) in [6.07, 6.45) is 4.85. The Morgan fingerprint density at radius 3 is 2.82 bits per heavy atom. The third-order valence-corrected chi connectivity index (χ3v) is 2.50. The highest BCUT2D eigenvalue weighted by molar-refractivity contribution is 6.29. The molecule has 0 aliphatic rings. The first-order chi connectivity index (χ1) is 8.08. The van der Waals surface area contributed by atoms with E-state index in [1.165, 1.54) is 12.3 Å². The van der Waals surface area contributed by atoms with Gasteiger partial charge in [-0.3, -0.25) is 0 Å². The molecule has 0 spiro atoms. The van der Waals surface area contributed by atoms with E-state index in [9.17, 15) is 4.39 Å². The summed E-state index contributed by atoms with van der Waals surface area (Å²) in [4.78, 5) is 1.55. The highest BCUT2D eigenvalue weighted by Crippen LogP contribution is 2.24. The lowest BCUT2D eigenvalue weighted by Crippen LogP contribution is -2.09. The normalized spacial score (nSPS) is 11.4. The quantitative estimate of drug-likeness (QED) is 0.797. The molecule has 0 aliphatic heterocycles. The first-order valence-corrected chi connectivity index (χ1v) is 5.78. The van der Waals surface area contributed by atoms with Crippen LogP contribution in [0.4, 0.5) is 15.8 Å². The van der Waals surface area contributed by atoms with Crippen molar-refractivity contribution in [1.29, 1.82) is 0 Å². The second-order valence-electron chi connectivity index (χ2n) is 3.63. The highest BCUT2D eigenvalue weighted by Gasteiger charge is 2.07. The van der Waals surface area contributed by atoms with E-state index in [4.69, 9.17) is 17.3 Å². The Hall–Kier alpha value is -1.48. The molecule has 0 aromatic heterocycles. The van der Waals surface area contributed by atoms with Crippen LogP contribution in [0, 0.1) is 5.82 Å². The Labute approximate surface area is 106 Å². The molecule has 92 valence electrons. The molecule has 0 amide bonds. The van der Waals surface area contributed by atoms with Crippen molar-refractivity contribution in [3.05, 3.63) is 48.0 Å². The predicted molar refractivity (Wildman–Crippen MR) is 72.3 cm³/mol. The molecule has 2 N–H and O–H groups in total. The van der Waals surface area contributed by atoms with Crippen molar-refractivity contribution >= 4 is 23.0 Å². The van der Waals surface area contributed by atoms with Crippen molar-refractivity contribution in [3.63, 3.8) is 0 Å². The molecule has 0 fully saturated rings. The van der Waals surface area contributed by atoms with E-state index in [1.54, 1.807) is 23.2 Å². The van der Waals surface area contributed by atoms with Crippen LogP contribution >= 0.6 is 11.6 Å². The van der Waals surface area contributed by atoms with Crippen LogP contribution in [0.25, 0.3) is 0 Å². The van der Waals surface area contributed by atoms with Gasteiger partial charge in [-0.15, -0.1) is 0 Å². The van der Waals surface area contributed by atoms with Gasteiger partial charge >= 0.3 is 0 Å². The van der Waals surface area contributed by atoms with Gasteiger partial charge in [0.1, 0.15) is 5.82 Å². The van der Waals surface area contributed by atoms with Crippen LogP contribution in [0.3, 0.4) is 0 Å². The zero-order chi connectivity index (χ0) is 12.8. The Morgan fingerprint density at radius 2 is 2.29 bits per heavy atom. The largest absolute Gasteiger partial charge is 0.399 e. The van der Waals surface area contributed by atoms with Crippen molar-refractivity contribution in [3.8, 4) is 0 Å². The van der Waals surface area contributed by atoms with Crippen molar-refractivity contribution in [2.24, 2.45) is 0 Å². The first kappa shape index (κ1) is 13.6. The van der Waals surface area contributed by atoms with E-state index < -0.39 is 5.82 Å². The maximum absolute atomic E-state index is 13.7. The van der Waals surface area contributed by atoms with Crippen molar-refractivity contribution in [2.75, 3.05) is 10.6 Å². The van der Waals surface area contributed by atoms with Gasteiger partial charge in [-0.25, -0.2) is 4.39 Å². The van der Waals surface area contributed by atoms with E-state index in [0.29, 0.717) is 16.4 Å². The molecule has 4 heteroatoms. The fourth-order valence-electron chi connectivity index (χ4n) is 1.41. The van der Waals surface area contributed by atoms with Gasteiger partial charge < -0.3 is 10.6 Å². The minimum absolute atomic E-state index is 0.378. The van der Waals surface area contributed by atoms with Gasteiger partial charge in [0.2, 0.25) is 0 Å². The molecule has 1 aromatic rings. The lowest BCUT2D eigenvalue weighted by molar-refractivity contribution is 0.629. The molecule has 0 aliphatic carbocycles. The van der Waals surface area contributed by atoms with Crippen LogP contribution in [0.1, 0.15) is 19.8 Å². The molecule has 0 heterocycles. The summed E-state index contributed by atoms with van der Waals surface area (Å²) in [5, 5.41) is 0.656. The number of hydrogen-bond acceptors (Lipinski definition) is 2. The number of anilines is 2. The molecule has 17 heavy (non-hydrogen) atoms. The minimum Gasteiger partial charge on any atom is -0.399 e. The standard InChI is InChI=1S/C13H16ClFN2/c1-3-5-10(14)9-17(4-2)13-7-6-11(16)8-12(13)15/h4,6-9H,2-3,5,16H2,1H3/b10-9+. The van der Waals surface area contributed by atoms with Gasteiger partial charge in [0.15, 0.2) is 0 Å². The van der Waals surface area contributed by atoms with E-state index in [1.807, 2.05) is 6.92 Å². The molecule has 0 saturated carbocycles. The fraction of sp³-hybridized carbons (Fsp3) is 0.231. The van der Waals surface area contributed by atoms with Crippen LogP contribution < -0.4 is 10.6 Å². The lowest BCUT2D eigenvalue weighted by Gasteiger charge is -2.17. The smallest absolute Gasteiger partial charge is 0.149 e. The second kappa shape index (κ2) is 6.30. The van der Waals surface area contributed by atoms with Crippen LogP contribution in [-0.4, -0.2) is 0 Å². The number of nitrogens with zero attached hydrogens (tertiary/aromatic N) is 1. The molecule has 0 unspecified atom stereocenters. The Kier molecular flexibility index (Phi) is 5.04. The molecule has 0 radical (unpaired) electrons. The average Bonchev–Trinajstić information content (AvgIpc) is 2.27. The number of hydrogen-bond donors (Lipinski definition) is 1. The third-order valence-electron chi connectivity index (χ3n) is 2.21. The number of benzene rings is 1. The molecule has 0 bridgehead atoms. The highest BCUT2D eigenvalue weighted by atomic mass is 35.5. The third kappa shape index (κ3) is 3.79. The second-order valence-corrected chi connectivity index (χ2v) is 4.11. The molecule has 1 aromatic carbocycles. The summed E-state index contributed by atoms with van der Waals surface area (Å²) in [6.45, 7) is 5.66. The summed E-state index contributed by atoms with van der Waals surface area (Å²) < 4.78 is 13.7. The maximum Gasteiger partial charge on any atom is 0.149 e. The maximum atomic E-state index is 13.7. The van der Waals surface area contributed by atoms with Gasteiger partial charge in [0.05, 0.1) is 5.69 Å². The van der Waals surface area contributed by atoms with Gasteiger partial charge in [0, 0.05) is 23.1 Å². The zero-order valence-corrected chi connectivity index (χ0v) is 10.5. The molecule has 0 atom stereocenters. The number of allylic oxidation sites excluding steroid dienone is 1. The van der Waals surface area contributed by atoms with Crippen molar-refractivity contribution < 1.29 is 4.39 Å². The Morgan fingerprint density at radius 1 is 1.59 bits per heavy atom. The minimum atomic E-state index is -0.401. The molecule has 1 rings (SSSR count). The molecular formula is C13H16ClFN2. The van der Waals surface area contributed by atoms with Gasteiger partial charge in [-0.1, -0.05) is 31.5 Å². The summed E-state index contributed by atoms with van der Waals surface area (Å²) in [5.74, 6) is -0.401. The van der Waals surface area contributed by atoms with E-state index >= 15 is 0 Å². The predicted octanol–water partition coefficient (Wildman–Crippen LogP) is 4.24. The molecule has 2 nitrogen and oxygen atoms in total. The van der Waals surface area contributed by atoms with E-state index in [0.717, 1.165) is 12.8 Å². The number of nitrogen functional groups attached to an aromatic ring is 1. The Balaban J connectivity index is 3.01. The molecule has 0 saturated heterocycles. The average molecular weight is 255 g/mol. The number of nitrogens with two attached hydrogens (primary N) is 1. The van der Waals surface area contributed by atoms with Gasteiger partial charge in [0.25, 0.3) is 0 Å². The summed E-state index contributed by atoms with van der Waals surface area (Å²) >= 11 is 6.01. The summed E-state index contributed by atoms with van der Waals surface area (Å²) in [7, 11) is 0. The topological polar surface area (TPSA) is 29.3 Å². The number of halogens is 2. The fourth-order valence-corrected chi connectivity index (χ4v) is 1.70. The number of rotatable bonds is 5. The van der Waals surface area contributed by atoms with Crippen LogP contribution in [0.2, 0.25) is 0 Å². The van der Waals surface area contributed by atoms with Gasteiger partial charge in [-0.2, -0.15) is 0 Å². The zero-order valence-electron chi connectivity index (χ0n) is 9.79.